The Kier molecular flexibility index (Phi) is 3.99. The lowest BCUT2D eigenvalue weighted by molar-refractivity contribution is -0.384. The highest BCUT2D eigenvalue weighted by atomic mass is 16.6. The van der Waals surface area contributed by atoms with Crippen LogP contribution < -0.4 is 10.1 Å². The maximum absolute atomic E-state index is 10.7. The van der Waals surface area contributed by atoms with E-state index in [-0.39, 0.29) is 11.4 Å². The van der Waals surface area contributed by atoms with Gasteiger partial charge in [0.2, 0.25) is 0 Å². The van der Waals surface area contributed by atoms with E-state index in [1.807, 2.05) is 0 Å². The van der Waals surface area contributed by atoms with Crippen molar-refractivity contribution in [1.82, 2.24) is 4.98 Å². The number of aromatic hydroxyl groups is 1. The summed E-state index contributed by atoms with van der Waals surface area (Å²) in [5, 5.41) is 22.9. The number of benzene rings is 1. The molecule has 0 aliphatic heterocycles. The number of non-ortho nitro benzene ring substituents is 1. The molecule has 0 unspecified atom stereocenters. The second-order valence-electron chi connectivity index (χ2n) is 4.00. The first kappa shape index (κ1) is 13.6. The zero-order valence-corrected chi connectivity index (χ0v) is 10.7. The molecule has 0 bridgehead atoms. The summed E-state index contributed by atoms with van der Waals surface area (Å²) in [4.78, 5) is 14.2. The van der Waals surface area contributed by atoms with E-state index in [0.29, 0.717) is 18.0 Å². The molecule has 0 aliphatic carbocycles. The van der Waals surface area contributed by atoms with Crippen LogP contribution in [0.5, 0.6) is 11.5 Å². The Morgan fingerprint density at radius 2 is 2.20 bits per heavy atom. The minimum Gasteiger partial charge on any atom is -0.506 e. The predicted octanol–water partition coefficient (Wildman–Crippen LogP) is 2.32. The number of aromatic nitrogens is 1. The van der Waals surface area contributed by atoms with Gasteiger partial charge in [0.25, 0.3) is 5.69 Å². The fraction of sp³-hybridized carbons (Fsp3) is 0.154. The van der Waals surface area contributed by atoms with Crippen molar-refractivity contribution in [2.24, 2.45) is 0 Å². The molecule has 0 atom stereocenters. The van der Waals surface area contributed by atoms with Crippen molar-refractivity contribution in [2.75, 3.05) is 12.4 Å². The Morgan fingerprint density at radius 3 is 2.80 bits per heavy atom. The third-order valence-electron chi connectivity index (χ3n) is 2.67. The summed E-state index contributed by atoms with van der Waals surface area (Å²) in [7, 11) is 1.45. The molecule has 7 nitrogen and oxygen atoms in total. The third kappa shape index (κ3) is 3.14. The number of nitro groups is 1. The SMILES string of the molecule is COc1cc([N+](=O)[O-])ccc1NCc1ccc(O)cn1. The largest absolute Gasteiger partial charge is 0.506 e. The molecule has 1 heterocycles. The number of pyridine rings is 1. The average molecular weight is 275 g/mol. The zero-order valence-electron chi connectivity index (χ0n) is 10.7. The van der Waals surface area contributed by atoms with Crippen molar-refractivity contribution in [3.8, 4) is 11.5 Å². The van der Waals surface area contributed by atoms with Crippen LogP contribution >= 0.6 is 0 Å². The van der Waals surface area contributed by atoms with Gasteiger partial charge in [0.1, 0.15) is 11.5 Å². The number of rotatable bonds is 5. The molecule has 2 aromatic rings. The van der Waals surface area contributed by atoms with E-state index in [4.69, 9.17) is 9.84 Å². The molecule has 2 N–H and O–H groups in total. The van der Waals surface area contributed by atoms with Crippen LogP contribution in [0.15, 0.2) is 36.5 Å². The summed E-state index contributed by atoms with van der Waals surface area (Å²) in [6.07, 6.45) is 1.35. The predicted molar refractivity (Wildman–Crippen MR) is 72.9 cm³/mol. The number of methoxy groups -OCH3 is 1. The highest BCUT2D eigenvalue weighted by molar-refractivity contribution is 5.60. The molecule has 1 aromatic carbocycles. The van der Waals surface area contributed by atoms with Gasteiger partial charge < -0.3 is 15.2 Å². The van der Waals surface area contributed by atoms with Crippen LogP contribution in [-0.2, 0) is 6.54 Å². The van der Waals surface area contributed by atoms with Crippen LogP contribution in [0.3, 0.4) is 0 Å². The number of nitrogens with one attached hydrogen (secondary N) is 1. The Labute approximate surface area is 115 Å². The number of hydrogen-bond acceptors (Lipinski definition) is 6. The fourth-order valence-electron chi connectivity index (χ4n) is 1.65. The lowest BCUT2D eigenvalue weighted by Gasteiger charge is -2.10. The van der Waals surface area contributed by atoms with Crippen LogP contribution in [0.2, 0.25) is 0 Å². The highest BCUT2D eigenvalue weighted by Gasteiger charge is 2.11. The van der Waals surface area contributed by atoms with Gasteiger partial charge in [-0.1, -0.05) is 0 Å². The van der Waals surface area contributed by atoms with E-state index in [0.717, 1.165) is 5.69 Å². The monoisotopic (exact) mass is 275 g/mol. The first-order valence-electron chi connectivity index (χ1n) is 5.80. The summed E-state index contributed by atoms with van der Waals surface area (Å²) in [5.74, 6) is 0.486. The van der Waals surface area contributed by atoms with Gasteiger partial charge in [-0.2, -0.15) is 0 Å². The van der Waals surface area contributed by atoms with E-state index < -0.39 is 4.92 Å². The minimum absolute atomic E-state index is 0.0323. The molecule has 1 aromatic heterocycles. The summed E-state index contributed by atoms with van der Waals surface area (Å²) in [5.41, 5.74) is 1.33. The van der Waals surface area contributed by atoms with E-state index in [9.17, 15) is 10.1 Å². The molecule has 0 radical (unpaired) electrons. The van der Waals surface area contributed by atoms with Crippen LogP contribution in [0.25, 0.3) is 0 Å². The Morgan fingerprint density at radius 1 is 1.40 bits per heavy atom. The molecular formula is C13H13N3O4. The number of hydrogen-bond donors (Lipinski definition) is 2. The topological polar surface area (TPSA) is 97.5 Å². The molecule has 0 saturated heterocycles. The van der Waals surface area contributed by atoms with E-state index in [1.54, 1.807) is 12.1 Å². The van der Waals surface area contributed by atoms with Crippen LogP contribution in [0.4, 0.5) is 11.4 Å². The van der Waals surface area contributed by atoms with Crippen molar-refractivity contribution < 1.29 is 14.8 Å². The smallest absolute Gasteiger partial charge is 0.273 e. The third-order valence-corrected chi connectivity index (χ3v) is 2.67. The fourth-order valence-corrected chi connectivity index (χ4v) is 1.65. The maximum Gasteiger partial charge on any atom is 0.273 e. The van der Waals surface area contributed by atoms with E-state index in [2.05, 4.69) is 10.3 Å². The molecule has 0 saturated carbocycles. The normalized spacial score (nSPS) is 10.1. The van der Waals surface area contributed by atoms with Crippen molar-refractivity contribution in [3.05, 3.63) is 52.3 Å². The van der Waals surface area contributed by atoms with Gasteiger partial charge in [0, 0.05) is 6.07 Å². The average Bonchev–Trinajstić information content (AvgIpc) is 2.46. The van der Waals surface area contributed by atoms with Gasteiger partial charge in [0.05, 0.1) is 42.2 Å². The Hall–Kier alpha value is -2.83. The molecule has 2 rings (SSSR count). The highest BCUT2D eigenvalue weighted by Crippen LogP contribution is 2.29. The van der Waals surface area contributed by atoms with E-state index in [1.165, 1.54) is 31.5 Å². The molecule has 0 amide bonds. The minimum atomic E-state index is -0.478. The van der Waals surface area contributed by atoms with Gasteiger partial charge in [-0.05, 0) is 18.2 Å². The molecule has 0 aliphatic rings. The molecule has 0 fully saturated rings. The number of nitrogens with zero attached hydrogens (tertiary/aromatic N) is 2. The molecule has 20 heavy (non-hydrogen) atoms. The quantitative estimate of drug-likeness (QED) is 0.642. The van der Waals surface area contributed by atoms with Crippen molar-refractivity contribution >= 4 is 11.4 Å². The van der Waals surface area contributed by atoms with Crippen LogP contribution in [0, 0.1) is 10.1 Å². The number of ether oxygens (including phenoxy) is 1. The van der Waals surface area contributed by atoms with Crippen LogP contribution in [0.1, 0.15) is 5.69 Å². The molecule has 104 valence electrons. The van der Waals surface area contributed by atoms with Gasteiger partial charge in [-0.3, -0.25) is 15.1 Å². The molecule has 7 heteroatoms. The van der Waals surface area contributed by atoms with Gasteiger partial charge in [-0.15, -0.1) is 0 Å². The standard InChI is InChI=1S/C13H13N3O4/c1-20-13-6-10(16(18)19)3-5-12(13)15-7-9-2-4-11(17)8-14-9/h2-6,8,15,17H,7H2,1H3. The Bertz CT molecular complexity index is 614. The second-order valence-corrected chi connectivity index (χ2v) is 4.00. The van der Waals surface area contributed by atoms with E-state index >= 15 is 0 Å². The summed E-state index contributed by atoms with van der Waals surface area (Å²) in [6.45, 7) is 0.411. The first-order chi connectivity index (χ1) is 9.60. The summed E-state index contributed by atoms with van der Waals surface area (Å²) in [6, 6.07) is 7.55. The second kappa shape index (κ2) is 5.87. The van der Waals surface area contributed by atoms with Crippen LogP contribution in [-0.4, -0.2) is 22.1 Å². The lowest BCUT2D eigenvalue weighted by atomic mass is 10.2. The molecule has 0 spiro atoms. The lowest BCUT2D eigenvalue weighted by Crippen LogP contribution is -2.03. The molecular weight excluding hydrogens is 262 g/mol. The maximum atomic E-state index is 10.7. The van der Waals surface area contributed by atoms with Gasteiger partial charge in [0.15, 0.2) is 0 Å². The summed E-state index contributed by atoms with van der Waals surface area (Å²) < 4.78 is 5.12. The van der Waals surface area contributed by atoms with Crippen molar-refractivity contribution in [1.29, 1.82) is 0 Å². The Balaban J connectivity index is 2.12. The van der Waals surface area contributed by atoms with Gasteiger partial charge in [-0.25, -0.2) is 0 Å². The van der Waals surface area contributed by atoms with Gasteiger partial charge >= 0.3 is 0 Å². The zero-order chi connectivity index (χ0) is 14.5. The first-order valence-corrected chi connectivity index (χ1v) is 5.80. The number of anilines is 1. The van der Waals surface area contributed by atoms with Crippen molar-refractivity contribution in [2.45, 2.75) is 6.54 Å². The van der Waals surface area contributed by atoms with Crippen molar-refractivity contribution in [3.63, 3.8) is 0 Å². The number of nitro benzene ring substituents is 1. The summed E-state index contributed by atoms with van der Waals surface area (Å²) >= 11 is 0.